The zero-order valence-electron chi connectivity index (χ0n) is 9.46. The highest BCUT2D eigenvalue weighted by molar-refractivity contribution is 9.09. The van der Waals surface area contributed by atoms with E-state index in [0.29, 0.717) is 4.83 Å². The summed E-state index contributed by atoms with van der Waals surface area (Å²) in [6.07, 6.45) is 1.09. The Hall–Kier alpha value is 0.360. The molecule has 0 aliphatic rings. The summed E-state index contributed by atoms with van der Waals surface area (Å²) in [5.41, 5.74) is 0. The van der Waals surface area contributed by atoms with Crippen molar-refractivity contribution < 1.29 is 9.47 Å². The Labute approximate surface area is 95.9 Å². The van der Waals surface area contributed by atoms with Crippen LogP contribution in [0.1, 0.15) is 13.3 Å². The minimum atomic E-state index is 0.406. The SMILES string of the molecule is CCCOCCN(C)CC(Br)COC. The van der Waals surface area contributed by atoms with Gasteiger partial charge >= 0.3 is 0 Å². The van der Waals surface area contributed by atoms with Crippen LogP contribution in [0.3, 0.4) is 0 Å². The van der Waals surface area contributed by atoms with Crippen LogP contribution in [0, 0.1) is 0 Å². The highest BCUT2D eigenvalue weighted by Gasteiger charge is 2.06. The van der Waals surface area contributed by atoms with Gasteiger partial charge in [-0.3, -0.25) is 0 Å². The molecule has 86 valence electrons. The summed E-state index contributed by atoms with van der Waals surface area (Å²) in [6.45, 7) is 6.52. The predicted octanol–water partition coefficient (Wildman–Crippen LogP) is 1.75. The molecule has 4 heteroatoms. The summed E-state index contributed by atoms with van der Waals surface area (Å²) >= 11 is 3.55. The fourth-order valence-electron chi connectivity index (χ4n) is 1.13. The van der Waals surface area contributed by atoms with Crippen LogP contribution in [0.4, 0.5) is 0 Å². The Bertz CT molecular complexity index is 125. The van der Waals surface area contributed by atoms with Crippen LogP contribution < -0.4 is 0 Å². The molecule has 0 rings (SSSR count). The van der Waals surface area contributed by atoms with Crippen molar-refractivity contribution in [3.8, 4) is 0 Å². The van der Waals surface area contributed by atoms with Gasteiger partial charge in [-0.2, -0.15) is 0 Å². The molecule has 0 heterocycles. The lowest BCUT2D eigenvalue weighted by atomic mass is 10.4. The average Bonchev–Trinajstić information content (AvgIpc) is 2.13. The van der Waals surface area contributed by atoms with Gasteiger partial charge in [0.05, 0.1) is 18.0 Å². The Morgan fingerprint density at radius 2 is 2.07 bits per heavy atom. The molecule has 0 aromatic rings. The quantitative estimate of drug-likeness (QED) is 0.470. The van der Waals surface area contributed by atoms with Crippen molar-refractivity contribution in [3.63, 3.8) is 0 Å². The van der Waals surface area contributed by atoms with Gasteiger partial charge < -0.3 is 14.4 Å². The number of likely N-dealkylation sites (N-methyl/N-ethyl adjacent to an activating group) is 1. The first-order valence-electron chi connectivity index (χ1n) is 5.10. The fraction of sp³-hybridized carbons (Fsp3) is 1.00. The summed E-state index contributed by atoms with van der Waals surface area (Å²) in [6, 6.07) is 0. The standard InChI is InChI=1S/C10H22BrNO2/c1-4-6-14-7-5-12(2)8-10(11)9-13-3/h10H,4-9H2,1-3H3. The van der Waals surface area contributed by atoms with E-state index in [1.165, 1.54) is 0 Å². The number of methoxy groups -OCH3 is 1. The van der Waals surface area contributed by atoms with Gasteiger partial charge in [-0.1, -0.05) is 22.9 Å². The molecule has 1 atom stereocenters. The molecular weight excluding hydrogens is 246 g/mol. The van der Waals surface area contributed by atoms with Gasteiger partial charge in [0.15, 0.2) is 0 Å². The van der Waals surface area contributed by atoms with E-state index in [1.807, 2.05) is 0 Å². The maximum absolute atomic E-state index is 5.41. The third kappa shape index (κ3) is 8.94. The average molecular weight is 268 g/mol. The summed E-state index contributed by atoms with van der Waals surface area (Å²) in [5.74, 6) is 0. The number of hydrogen-bond acceptors (Lipinski definition) is 3. The van der Waals surface area contributed by atoms with E-state index in [2.05, 4.69) is 34.8 Å². The number of rotatable bonds is 9. The van der Waals surface area contributed by atoms with Gasteiger partial charge in [0, 0.05) is 26.8 Å². The topological polar surface area (TPSA) is 21.7 Å². The van der Waals surface area contributed by atoms with Crippen molar-refractivity contribution in [3.05, 3.63) is 0 Å². The molecule has 0 N–H and O–H groups in total. The lowest BCUT2D eigenvalue weighted by Gasteiger charge is -2.19. The Morgan fingerprint density at radius 1 is 1.36 bits per heavy atom. The second kappa shape index (κ2) is 9.90. The van der Waals surface area contributed by atoms with Gasteiger partial charge in [-0.15, -0.1) is 0 Å². The number of hydrogen-bond donors (Lipinski definition) is 0. The van der Waals surface area contributed by atoms with Crippen molar-refractivity contribution in [1.29, 1.82) is 0 Å². The molecule has 1 unspecified atom stereocenters. The maximum Gasteiger partial charge on any atom is 0.0600 e. The van der Waals surface area contributed by atoms with Crippen LogP contribution in [0.15, 0.2) is 0 Å². The molecule has 0 fully saturated rings. The molecule has 0 bridgehead atoms. The van der Waals surface area contributed by atoms with Crippen LogP contribution >= 0.6 is 15.9 Å². The van der Waals surface area contributed by atoms with Gasteiger partial charge in [0.1, 0.15) is 0 Å². The Morgan fingerprint density at radius 3 is 2.64 bits per heavy atom. The minimum Gasteiger partial charge on any atom is -0.383 e. The van der Waals surface area contributed by atoms with Crippen molar-refractivity contribution in [2.75, 3.05) is 47.1 Å². The van der Waals surface area contributed by atoms with E-state index in [1.54, 1.807) is 7.11 Å². The van der Waals surface area contributed by atoms with E-state index in [-0.39, 0.29) is 0 Å². The normalized spacial score (nSPS) is 13.5. The van der Waals surface area contributed by atoms with Crippen LogP contribution in [0.5, 0.6) is 0 Å². The van der Waals surface area contributed by atoms with Crippen molar-refractivity contribution >= 4 is 15.9 Å². The van der Waals surface area contributed by atoms with Crippen molar-refractivity contribution in [2.24, 2.45) is 0 Å². The summed E-state index contributed by atoms with van der Waals surface area (Å²) in [7, 11) is 3.82. The highest BCUT2D eigenvalue weighted by atomic mass is 79.9. The number of halogens is 1. The zero-order chi connectivity index (χ0) is 10.8. The molecule has 3 nitrogen and oxygen atoms in total. The lowest BCUT2D eigenvalue weighted by Crippen LogP contribution is -2.31. The maximum atomic E-state index is 5.41. The first-order chi connectivity index (χ1) is 6.70. The molecule has 0 spiro atoms. The van der Waals surface area contributed by atoms with E-state index in [0.717, 1.165) is 39.3 Å². The highest BCUT2D eigenvalue weighted by Crippen LogP contribution is 2.01. The third-order valence-electron chi connectivity index (χ3n) is 1.82. The Kier molecular flexibility index (Phi) is 10.2. The van der Waals surface area contributed by atoms with Gasteiger partial charge in [0.25, 0.3) is 0 Å². The zero-order valence-corrected chi connectivity index (χ0v) is 11.0. The van der Waals surface area contributed by atoms with Gasteiger partial charge in [-0.05, 0) is 13.5 Å². The van der Waals surface area contributed by atoms with E-state index in [9.17, 15) is 0 Å². The molecule has 0 aromatic carbocycles. The molecule has 0 radical (unpaired) electrons. The molecule has 14 heavy (non-hydrogen) atoms. The van der Waals surface area contributed by atoms with E-state index < -0.39 is 0 Å². The Balaban J connectivity index is 3.30. The first kappa shape index (κ1) is 14.4. The molecule has 0 saturated carbocycles. The monoisotopic (exact) mass is 267 g/mol. The van der Waals surface area contributed by atoms with Crippen LogP contribution in [0.2, 0.25) is 0 Å². The smallest absolute Gasteiger partial charge is 0.0600 e. The lowest BCUT2D eigenvalue weighted by molar-refractivity contribution is 0.109. The van der Waals surface area contributed by atoms with Crippen molar-refractivity contribution in [1.82, 2.24) is 4.90 Å². The van der Waals surface area contributed by atoms with Crippen LogP contribution in [0.25, 0.3) is 0 Å². The number of nitrogens with zero attached hydrogens (tertiary/aromatic N) is 1. The minimum absolute atomic E-state index is 0.406. The van der Waals surface area contributed by atoms with Crippen LogP contribution in [-0.4, -0.2) is 56.8 Å². The number of ether oxygens (including phenoxy) is 2. The molecule has 0 aliphatic heterocycles. The first-order valence-corrected chi connectivity index (χ1v) is 6.01. The molecule has 0 aliphatic carbocycles. The van der Waals surface area contributed by atoms with Gasteiger partial charge in [0.2, 0.25) is 0 Å². The van der Waals surface area contributed by atoms with E-state index >= 15 is 0 Å². The fourth-order valence-corrected chi connectivity index (χ4v) is 1.89. The molecule has 0 amide bonds. The summed E-state index contributed by atoms with van der Waals surface area (Å²) in [4.78, 5) is 2.65. The molecular formula is C10H22BrNO2. The van der Waals surface area contributed by atoms with Gasteiger partial charge in [-0.25, -0.2) is 0 Å². The predicted molar refractivity (Wildman–Crippen MR) is 63.2 cm³/mol. The van der Waals surface area contributed by atoms with Crippen molar-refractivity contribution in [2.45, 2.75) is 18.2 Å². The van der Waals surface area contributed by atoms with Crippen LogP contribution in [-0.2, 0) is 9.47 Å². The second-order valence-corrected chi connectivity index (χ2v) is 4.72. The molecule has 0 saturated heterocycles. The third-order valence-corrected chi connectivity index (χ3v) is 2.38. The molecule has 0 aromatic heterocycles. The number of alkyl halides is 1. The summed E-state index contributed by atoms with van der Waals surface area (Å²) in [5, 5.41) is 0. The second-order valence-electron chi connectivity index (χ2n) is 3.43. The van der Waals surface area contributed by atoms with E-state index in [4.69, 9.17) is 9.47 Å². The largest absolute Gasteiger partial charge is 0.383 e. The summed E-state index contributed by atoms with van der Waals surface area (Å²) < 4.78 is 10.4.